The zero-order valence-corrected chi connectivity index (χ0v) is 11.3. The molecule has 3 aliphatic rings. The van der Waals surface area contributed by atoms with Crippen LogP contribution in [0.5, 0.6) is 0 Å². The number of halogens is 1. The smallest absolute Gasteiger partial charge is 0.237 e. The number of aryl methyl sites for hydroxylation is 1. The van der Waals surface area contributed by atoms with E-state index in [2.05, 4.69) is 0 Å². The Labute approximate surface area is 116 Å². The molecular weight excluding hydrogens is 257 g/mol. The molecule has 2 bridgehead atoms. The summed E-state index contributed by atoms with van der Waals surface area (Å²) in [5.74, 6) is -0.207. The molecule has 3 nitrogen and oxygen atoms in total. The standard InChI is InChI=1S/C16H16FNO2/c1-8-2-5-11(17)7-12(8)18-15(19)13-9-3-4-10(6-9)14(13)16(18)20/h2,5,7,9-10,13-14H,3-4,6H2,1H3/t9-,10-,13-,14+/m0/s1. The van der Waals surface area contributed by atoms with Crippen LogP contribution in [0.15, 0.2) is 18.2 Å². The van der Waals surface area contributed by atoms with Gasteiger partial charge in [-0.1, -0.05) is 6.07 Å². The minimum Gasteiger partial charge on any atom is -0.274 e. The molecule has 4 heteroatoms. The van der Waals surface area contributed by atoms with Gasteiger partial charge < -0.3 is 0 Å². The number of imide groups is 1. The van der Waals surface area contributed by atoms with E-state index in [4.69, 9.17) is 0 Å². The summed E-state index contributed by atoms with van der Waals surface area (Å²) < 4.78 is 13.5. The third-order valence-corrected chi connectivity index (χ3v) is 5.34. The highest BCUT2D eigenvalue weighted by molar-refractivity contribution is 6.22. The largest absolute Gasteiger partial charge is 0.274 e. The molecular formula is C16H16FNO2. The number of hydrogen-bond donors (Lipinski definition) is 0. The summed E-state index contributed by atoms with van der Waals surface area (Å²) in [7, 11) is 0. The van der Waals surface area contributed by atoms with Crippen molar-refractivity contribution in [1.82, 2.24) is 0 Å². The van der Waals surface area contributed by atoms with Crippen molar-refractivity contribution < 1.29 is 14.0 Å². The lowest BCUT2D eigenvalue weighted by molar-refractivity contribution is -0.123. The summed E-state index contributed by atoms with van der Waals surface area (Å²) >= 11 is 0. The third kappa shape index (κ3) is 1.39. The highest BCUT2D eigenvalue weighted by Crippen LogP contribution is 2.56. The number of rotatable bonds is 1. The van der Waals surface area contributed by atoms with Gasteiger partial charge in [-0.3, -0.25) is 9.59 Å². The van der Waals surface area contributed by atoms with Crippen molar-refractivity contribution in [3.63, 3.8) is 0 Å². The van der Waals surface area contributed by atoms with Crippen LogP contribution in [-0.4, -0.2) is 11.8 Å². The number of anilines is 1. The minimum absolute atomic E-state index is 0.110. The van der Waals surface area contributed by atoms with Crippen LogP contribution >= 0.6 is 0 Å². The monoisotopic (exact) mass is 273 g/mol. The van der Waals surface area contributed by atoms with Gasteiger partial charge in [-0.15, -0.1) is 0 Å². The van der Waals surface area contributed by atoms with E-state index in [0.29, 0.717) is 17.5 Å². The first-order valence-corrected chi connectivity index (χ1v) is 7.22. The molecule has 2 saturated carbocycles. The van der Waals surface area contributed by atoms with Gasteiger partial charge in [0.2, 0.25) is 11.8 Å². The van der Waals surface area contributed by atoms with E-state index in [0.717, 1.165) is 24.8 Å². The summed E-state index contributed by atoms with van der Waals surface area (Å²) in [6.45, 7) is 1.80. The summed E-state index contributed by atoms with van der Waals surface area (Å²) in [6.07, 6.45) is 3.13. The highest BCUT2D eigenvalue weighted by Gasteiger charge is 2.61. The van der Waals surface area contributed by atoms with Crippen LogP contribution in [0.4, 0.5) is 10.1 Å². The van der Waals surface area contributed by atoms with Gasteiger partial charge in [-0.05, 0) is 55.7 Å². The molecule has 4 atom stereocenters. The highest BCUT2D eigenvalue weighted by atomic mass is 19.1. The lowest BCUT2D eigenvalue weighted by Crippen LogP contribution is -2.33. The molecule has 20 heavy (non-hydrogen) atoms. The maximum absolute atomic E-state index is 13.5. The first kappa shape index (κ1) is 12.1. The molecule has 104 valence electrons. The van der Waals surface area contributed by atoms with Crippen molar-refractivity contribution in [2.75, 3.05) is 4.90 Å². The van der Waals surface area contributed by atoms with E-state index in [1.807, 2.05) is 0 Å². The van der Waals surface area contributed by atoms with Crippen LogP contribution in [0.25, 0.3) is 0 Å². The summed E-state index contributed by atoms with van der Waals surface area (Å²) in [5.41, 5.74) is 1.19. The summed E-state index contributed by atoms with van der Waals surface area (Å²) in [5, 5.41) is 0. The second-order valence-corrected chi connectivity index (χ2v) is 6.33. The number of hydrogen-bond acceptors (Lipinski definition) is 2. The molecule has 0 unspecified atom stereocenters. The van der Waals surface area contributed by atoms with E-state index < -0.39 is 5.82 Å². The van der Waals surface area contributed by atoms with Crippen LogP contribution in [0.2, 0.25) is 0 Å². The Kier molecular flexibility index (Phi) is 2.35. The fourth-order valence-corrected chi connectivity index (χ4v) is 4.47. The molecule has 1 heterocycles. The zero-order valence-electron chi connectivity index (χ0n) is 11.3. The number of carbonyl (C=O) groups is 2. The SMILES string of the molecule is Cc1ccc(F)cc1N1C(=O)[C@@H]2[C@H]3CC[C@@H](C3)[C@@H]2C1=O. The third-order valence-electron chi connectivity index (χ3n) is 5.34. The number of benzene rings is 1. The molecule has 0 N–H and O–H groups in total. The van der Waals surface area contributed by atoms with Gasteiger partial charge in [0.15, 0.2) is 0 Å². The fraction of sp³-hybridized carbons (Fsp3) is 0.500. The molecule has 3 fully saturated rings. The Balaban J connectivity index is 1.79. The number of nitrogens with zero attached hydrogens (tertiary/aromatic N) is 1. The number of amides is 2. The van der Waals surface area contributed by atoms with Crippen LogP contribution in [0, 0.1) is 36.4 Å². The van der Waals surface area contributed by atoms with E-state index in [1.165, 1.54) is 17.0 Å². The first-order chi connectivity index (χ1) is 9.58. The molecule has 0 spiro atoms. The maximum atomic E-state index is 13.5. The van der Waals surface area contributed by atoms with Gasteiger partial charge >= 0.3 is 0 Å². The topological polar surface area (TPSA) is 37.4 Å². The Morgan fingerprint density at radius 2 is 1.70 bits per heavy atom. The van der Waals surface area contributed by atoms with Gasteiger partial charge in [0, 0.05) is 0 Å². The van der Waals surface area contributed by atoms with Crippen LogP contribution in [0.1, 0.15) is 24.8 Å². The average molecular weight is 273 g/mol. The van der Waals surface area contributed by atoms with E-state index >= 15 is 0 Å². The lowest BCUT2D eigenvalue weighted by atomic mass is 9.81. The van der Waals surface area contributed by atoms with Crippen molar-refractivity contribution in [3.05, 3.63) is 29.6 Å². The molecule has 1 aromatic rings. The quantitative estimate of drug-likeness (QED) is 0.738. The van der Waals surface area contributed by atoms with Crippen LogP contribution in [0.3, 0.4) is 0 Å². The van der Waals surface area contributed by atoms with Crippen LogP contribution in [-0.2, 0) is 9.59 Å². The first-order valence-electron chi connectivity index (χ1n) is 7.22. The molecule has 0 radical (unpaired) electrons. The Morgan fingerprint density at radius 1 is 1.10 bits per heavy atom. The molecule has 1 aromatic carbocycles. The number of carbonyl (C=O) groups excluding carboxylic acids is 2. The van der Waals surface area contributed by atoms with E-state index in [1.54, 1.807) is 13.0 Å². The Morgan fingerprint density at radius 3 is 2.30 bits per heavy atom. The van der Waals surface area contributed by atoms with Crippen molar-refractivity contribution in [3.8, 4) is 0 Å². The zero-order chi connectivity index (χ0) is 14.0. The molecule has 2 amide bonds. The second kappa shape index (κ2) is 3.90. The van der Waals surface area contributed by atoms with Crippen LogP contribution < -0.4 is 4.90 Å². The van der Waals surface area contributed by atoms with Gasteiger partial charge in [-0.25, -0.2) is 9.29 Å². The number of fused-ring (bicyclic) bond motifs is 5. The van der Waals surface area contributed by atoms with Crippen molar-refractivity contribution in [1.29, 1.82) is 0 Å². The molecule has 2 aliphatic carbocycles. The second-order valence-electron chi connectivity index (χ2n) is 6.33. The van der Waals surface area contributed by atoms with E-state index in [-0.39, 0.29) is 23.7 Å². The summed E-state index contributed by atoms with van der Waals surface area (Å²) in [6, 6.07) is 4.27. The van der Waals surface area contributed by atoms with Gasteiger partial charge in [0.25, 0.3) is 0 Å². The molecule has 1 aliphatic heterocycles. The van der Waals surface area contributed by atoms with Gasteiger partial charge in [-0.2, -0.15) is 0 Å². The predicted octanol–water partition coefficient (Wildman–Crippen LogP) is 2.67. The van der Waals surface area contributed by atoms with Crippen molar-refractivity contribution >= 4 is 17.5 Å². The maximum Gasteiger partial charge on any atom is 0.237 e. The molecule has 1 saturated heterocycles. The van der Waals surface area contributed by atoms with Gasteiger partial charge in [0.05, 0.1) is 17.5 Å². The van der Waals surface area contributed by atoms with Crippen molar-refractivity contribution in [2.24, 2.45) is 23.7 Å². The Bertz CT molecular complexity index is 599. The molecule has 4 rings (SSSR count). The predicted molar refractivity (Wildman–Crippen MR) is 71.4 cm³/mol. The van der Waals surface area contributed by atoms with Gasteiger partial charge in [0.1, 0.15) is 5.82 Å². The van der Waals surface area contributed by atoms with Crippen molar-refractivity contribution in [2.45, 2.75) is 26.2 Å². The lowest BCUT2D eigenvalue weighted by Gasteiger charge is -2.19. The Hall–Kier alpha value is -1.71. The summed E-state index contributed by atoms with van der Waals surface area (Å²) in [4.78, 5) is 26.5. The fourth-order valence-electron chi connectivity index (χ4n) is 4.47. The minimum atomic E-state index is -0.411. The van der Waals surface area contributed by atoms with E-state index in [9.17, 15) is 14.0 Å². The molecule has 0 aromatic heterocycles. The normalized spacial score (nSPS) is 35.0. The average Bonchev–Trinajstić information content (AvgIpc) is 3.08.